The van der Waals surface area contributed by atoms with E-state index < -0.39 is 23.2 Å². The molecule has 1 heterocycles. The first-order valence-corrected chi connectivity index (χ1v) is 8.46. The summed E-state index contributed by atoms with van der Waals surface area (Å²) in [7, 11) is 1.23. The number of benzene rings is 1. The first-order chi connectivity index (χ1) is 12.0. The van der Waals surface area contributed by atoms with Crippen LogP contribution in [-0.4, -0.2) is 24.9 Å². The predicted molar refractivity (Wildman–Crippen MR) is 93.9 cm³/mol. The number of amides is 2. The van der Waals surface area contributed by atoms with Crippen LogP contribution in [0, 0.1) is 11.3 Å². The van der Waals surface area contributed by atoms with Gasteiger partial charge in [0.25, 0.3) is 5.91 Å². The molecule has 130 valence electrons. The number of para-hydroxylation sites is 1. The van der Waals surface area contributed by atoms with Gasteiger partial charge in [0.1, 0.15) is 0 Å². The maximum Gasteiger partial charge on any atom is 0.326 e. The van der Waals surface area contributed by atoms with Crippen LogP contribution in [0.25, 0.3) is 0 Å². The fourth-order valence-corrected chi connectivity index (χ4v) is 3.71. The summed E-state index contributed by atoms with van der Waals surface area (Å²) in [5.74, 6) is -2.49. The van der Waals surface area contributed by atoms with Crippen molar-refractivity contribution in [2.45, 2.75) is 26.7 Å². The average molecular weight is 339 g/mol. The van der Waals surface area contributed by atoms with Gasteiger partial charge in [-0.3, -0.25) is 14.4 Å². The molecular weight excluding hydrogens is 318 g/mol. The number of hydrogen-bond donors (Lipinski definition) is 0. The topological polar surface area (TPSA) is 63.7 Å². The molecule has 0 bridgehead atoms. The number of anilines is 1. The fraction of sp³-hybridized carbons (Fsp3) is 0.350. The number of fused-ring (bicyclic) bond motifs is 1. The quantitative estimate of drug-likeness (QED) is 0.480. The highest BCUT2D eigenvalue weighted by atomic mass is 16.5. The number of methoxy groups -OCH3 is 1. The van der Waals surface area contributed by atoms with Crippen molar-refractivity contribution in [1.29, 1.82) is 0 Å². The number of ether oxygens (including phenoxy) is 1. The summed E-state index contributed by atoms with van der Waals surface area (Å²) in [6, 6.07) is 5.75. The van der Waals surface area contributed by atoms with E-state index in [1.807, 2.05) is 32.0 Å². The standard InChI is InChI=1S/C20H21NO4/c1-4-13-9-8-10-14(5-2)16(13)21-17(22)15-11-6-7-12-20(15,18(21)23)19(24)25-3/h6-12,15H,4-5H2,1-3H3. The molecule has 1 aromatic rings. The van der Waals surface area contributed by atoms with Gasteiger partial charge in [-0.2, -0.15) is 0 Å². The van der Waals surface area contributed by atoms with E-state index in [0.717, 1.165) is 11.1 Å². The van der Waals surface area contributed by atoms with E-state index in [4.69, 9.17) is 4.74 Å². The molecular formula is C20H21NO4. The van der Waals surface area contributed by atoms with Crippen LogP contribution in [0.4, 0.5) is 5.69 Å². The third-order valence-corrected chi connectivity index (χ3v) is 5.02. The zero-order chi connectivity index (χ0) is 18.2. The zero-order valence-electron chi connectivity index (χ0n) is 14.6. The van der Waals surface area contributed by atoms with E-state index in [1.54, 1.807) is 18.2 Å². The molecule has 25 heavy (non-hydrogen) atoms. The second kappa shape index (κ2) is 6.31. The van der Waals surface area contributed by atoms with Crippen LogP contribution in [0.5, 0.6) is 0 Å². The monoisotopic (exact) mass is 339 g/mol. The smallest absolute Gasteiger partial charge is 0.326 e. The molecule has 1 fully saturated rings. The summed E-state index contributed by atoms with van der Waals surface area (Å²) in [5, 5.41) is 0. The van der Waals surface area contributed by atoms with Crippen molar-refractivity contribution in [2.24, 2.45) is 11.3 Å². The Morgan fingerprint density at radius 1 is 1.16 bits per heavy atom. The highest BCUT2D eigenvalue weighted by Crippen LogP contribution is 2.46. The number of esters is 1. The maximum absolute atomic E-state index is 13.3. The second-order valence-corrected chi connectivity index (χ2v) is 6.19. The third kappa shape index (κ3) is 2.26. The summed E-state index contributed by atoms with van der Waals surface area (Å²) < 4.78 is 4.89. The normalized spacial score (nSPS) is 24.6. The molecule has 5 nitrogen and oxygen atoms in total. The molecule has 1 aliphatic heterocycles. The number of allylic oxidation sites excluding steroid dienone is 2. The lowest BCUT2D eigenvalue weighted by Gasteiger charge is -2.26. The molecule has 0 N–H and O–H groups in total. The fourth-order valence-electron chi connectivity index (χ4n) is 3.71. The summed E-state index contributed by atoms with van der Waals surface area (Å²) in [5.41, 5.74) is 0.828. The van der Waals surface area contributed by atoms with Gasteiger partial charge < -0.3 is 4.74 Å². The van der Waals surface area contributed by atoms with Crippen molar-refractivity contribution in [2.75, 3.05) is 12.0 Å². The number of hydrogen-bond acceptors (Lipinski definition) is 4. The predicted octanol–water partition coefficient (Wildman–Crippen LogP) is 2.59. The minimum Gasteiger partial charge on any atom is -0.468 e. The van der Waals surface area contributed by atoms with Gasteiger partial charge in [-0.05, 0) is 24.0 Å². The molecule has 2 aliphatic rings. The van der Waals surface area contributed by atoms with E-state index in [2.05, 4.69) is 0 Å². The van der Waals surface area contributed by atoms with Crippen molar-refractivity contribution in [3.05, 3.63) is 53.6 Å². The van der Waals surface area contributed by atoms with Gasteiger partial charge in [0, 0.05) is 0 Å². The third-order valence-electron chi connectivity index (χ3n) is 5.02. The van der Waals surface area contributed by atoms with E-state index in [0.29, 0.717) is 18.5 Å². The van der Waals surface area contributed by atoms with Crippen molar-refractivity contribution in [3.63, 3.8) is 0 Å². The van der Waals surface area contributed by atoms with Gasteiger partial charge in [-0.15, -0.1) is 0 Å². The lowest BCUT2D eigenvalue weighted by molar-refractivity contribution is -0.155. The number of carbonyl (C=O) groups is 3. The number of nitrogens with zero attached hydrogens (tertiary/aromatic N) is 1. The van der Waals surface area contributed by atoms with Crippen LogP contribution in [0.1, 0.15) is 25.0 Å². The average Bonchev–Trinajstić information content (AvgIpc) is 2.88. The van der Waals surface area contributed by atoms with Gasteiger partial charge in [0.2, 0.25) is 5.91 Å². The first kappa shape index (κ1) is 17.1. The van der Waals surface area contributed by atoms with E-state index in [-0.39, 0.29) is 5.91 Å². The highest BCUT2D eigenvalue weighted by Gasteiger charge is 2.63. The van der Waals surface area contributed by atoms with Crippen LogP contribution in [0.2, 0.25) is 0 Å². The Hall–Kier alpha value is -2.69. The lowest BCUT2D eigenvalue weighted by Crippen LogP contribution is -2.43. The minimum absolute atomic E-state index is 0.383. The summed E-state index contributed by atoms with van der Waals surface area (Å²) in [6.07, 6.45) is 7.77. The number of carbonyl (C=O) groups excluding carboxylic acids is 3. The van der Waals surface area contributed by atoms with Crippen LogP contribution in [0.15, 0.2) is 42.5 Å². The van der Waals surface area contributed by atoms with Crippen LogP contribution in [-0.2, 0) is 32.0 Å². The van der Waals surface area contributed by atoms with Crippen molar-refractivity contribution >= 4 is 23.5 Å². The molecule has 2 unspecified atom stereocenters. The number of rotatable bonds is 4. The van der Waals surface area contributed by atoms with Crippen molar-refractivity contribution in [3.8, 4) is 0 Å². The Bertz CT molecular complexity index is 786. The summed E-state index contributed by atoms with van der Waals surface area (Å²) in [6.45, 7) is 3.96. The Balaban J connectivity index is 2.23. The van der Waals surface area contributed by atoms with E-state index >= 15 is 0 Å². The Labute approximate surface area is 147 Å². The molecule has 1 aliphatic carbocycles. The number of aryl methyl sites for hydroxylation is 2. The van der Waals surface area contributed by atoms with Crippen LogP contribution >= 0.6 is 0 Å². The largest absolute Gasteiger partial charge is 0.468 e. The molecule has 2 atom stereocenters. The van der Waals surface area contributed by atoms with Crippen LogP contribution < -0.4 is 4.90 Å². The second-order valence-electron chi connectivity index (χ2n) is 6.19. The van der Waals surface area contributed by atoms with Gasteiger partial charge >= 0.3 is 5.97 Å². The zero-order valence-corrected chi connectivity index (χ0v) is 14.6. The molecule has 0 radical (unpaired) electrons. The molecule has 2 amide bonds. The molecule has 0 spiro atoms. The van der Waals surface area contributed by atoms with Crippen molar-refractivity contribution < 1.29 is 19.1 Å². The minimum atomic E-state index is -1.60. The SMILES string of the molecule is CCc1cccc(CC)c1N1C(=O)C2C=CC=CC2(C(=O)OC)C1=O. The Morgan fingerprint density at radius 3 is 2.36 bits per heavy atom. The van der Waals surface area contributed by atoms with E-state index in [9.17, 15) is 14.4 Å². The van der Waals surface area contributed by atoms with E-state index in [1.165, 1.54) is 18.1 Å². The summed E-state index contributed by atoms with van der Waals surface area (Å²) in [4.78, 5) is 40.2. The first-order valence-electron chi connectivity index (χ1n) is 8.46. The Kier molecular flexibility index (Phi) is 4.33. The van der Waals surface area contributed by atoms with Gasteiger partial charge in [-0.25, -0.2) is 4.90 Å². The van der Waals surface area contributed by atoms with Crippen molar-refractivity contribution in [1.82, 2.24) is 0 Å². The molecule has 1 aromatic carbocycles. The Morgan fingerprint density at radius 2 is 1.80 bits per heavy atom. The summed E-state index contributed by atoms with van der Waals surface area (Å²) >= 11 is 0. The van der Waals surface area contributed by atoms with Gasteiger partial charge in [0.05, 0.1) is 18.7 Å². The highest BCUT2D eigenvalue weighted by molar-refractivity contribution is 6.31. The molecule has 3 rings (SSSR count). The van der Waals surface area contributed by atoms with Gasteiger partial charge in [-0.1, -0.05) is 56.4 Å². The number of imide groups is 1. The van der Waals surface area contributed by atoms with Gasteiger partial charge in [0.15, 0.2) is 5.41 Å². The molecule has 1 saturated heterocycles. The lowest BCUT2D eigenvalue weighted by atomic mass is 9.74. The maximum atomic E-state index is 13.3. The van der Waals surface area contributed by atoms with Crippen LogP contribution in [0.3, 0.4) is 0 Å². The molecule has 0 saturated carbocycles. The molecule has 5 heteroatoms. The molecule has 0 aromatic heterocycles.